The fourth-order valence-corrected chi connectivity index (χ4v) is 3.56. The third kappa shape index (κ3) is 4.92. The smallest absolute Gasteiger partial charge is 0.254 e. The first-order valence-electron chi connectivity index (χ1n) is 8.88. The molecule has 8 nitrogen and oxygen atoms in total. The number of hydrogen-bond acceptors (Lipinski definition) is 6. The van der Waals surface area contributed by atoms with Crippen molar-refractivity contribution < 1.29 is 32.5 Å². The summed E-state index contributed by atoms with van der Waals surface area (Å²) in [5, 5.41) is 2.53. The summed E-state index contributed by atoms with van der Waals surface area (Å²) in [5.41, 5.74) is 1.73. The largest absolute Gasteiger partial charge is 0.496 e. The average molecular weight is 435 g/mol. The highest BCUT2D eigenvalue weighted by Crippen LogP contribution is 2.37. The molecule has 0 heterocycles. The molecule has 0 aromatic heterocycles. The molecule has 0 aliphatic heterocycles. The van der Waals surface area contributed by atoms with Crippen LogP contribution in [0.2, 0.25) is 0 Å². The fourth-order valence-electron chi connectivity index (χ4n) is 3.05. The molecular weight excluding hydrogens is 410 g/mol. The zero-order chi connectivity index (χ0) is 22.3. The molecule has 9 heteroatoms. The monoisotopic (exact) mass is 435 g/mol. The summed E-state index contributed by atoms with van der Waals surface area (Å²) < 4.78 is 43.2. The van der Waals surface area contributed by atoms with E-state index in [2.05, 4.69) is 5.32 Å². The predicted octanol–water partition coefficient (Wildman–Crippen LogP) is 2.90. The van der Waals surface area contributed by atoms with Crippen LogP contribution < -0.4 is 14.8 Å². The molecule has 0 saturated carbocycles. The zero-order valence-electron chi connectivity index (χ0n) is 17.5. The van der Waals surface area contributed by atoms with Gasteiger partial charge in [0.25, 0.3) is 5.91 Å². The SMILES string of the molecule is CNC(=O)c1cc(CS(=O)O)c(C(OC)=C(OC)c2ccccc2OC)cc1OC. The first-order chi connectivity index (χ1) is 14.4. The molecular formula is C21H25NO7S. The Morgan fingerprint density at radius 2 is 1.53 bits per heavy atom. The highest BCUT2D eigenvalue weighted by Gasteiger charge is 2.24. The van der Waals surface area contributed by atoms with E-state index in [9.17, 15) is 13.6 Å². The van der Waals surface area contributed by atoms with Gasteiger partial charge in [0, 0.05) is 12.6 Å². The summed E-state index contributed by atoms with van der Waals surface area (Å²) in [5.74, 6) is 0.882. The third-order valence-corrected chi connectivity index (χ3v) is 4.94. The van der Waals surface area contributed by atoms with Crippen molar-refractivity contribution in [2.24, 2.45) is 0 Å². The van der Waals surface area contributed by atoms with E-state index in [1.165, 1.54) is 34.4 Å². The number of nitrogens with one attached hydrogen (secondary N) is 1. The highest BCUT2D eigenvalue weighted by molar-refractivity contribution is 7.78. The third-order valence-electron chi connectivity index (χ3n) is 4.39. The Balaban J connectivity index is 2.86. The molecule has 2 aromatic rings. The molecule has 1 amide bonds. The van der Waals surface area contributed by atoms with Crippen LogP contribution in [0, 0.1) is 0 Å². The second-order valence-electron chi connectivity index (χ2n) is 6.02. The van der Waals surface area contributed by atoms with Gasteiger partial charge in [0.2, 0.25) is 0 Å². The zero-order valence-corrected chi connectivity index (χ0v) is 18.3. The molecule has 1 unspecified atom stereocenters. The first-order valence-corrected chi connectivity index (χ1v) is 10.2. The molecule has 0 saturated heterocycles. The van der Waals surface area contributed by atoms with E-state index >= 15 is 0 Å². The number of hydrogen-bond donors (Lipinski definition) is 2. The minimum Gasteiger partial charge on any atom is -0.496 e. The molecule has 0 spiro atoms. The van der Waals surface area contributed by atoms with Gasteiger partial charge in [-0.1, -0.05) is 12.1 Å². The van der Waals surface area contributed by atoms with E-state index < -0.39 is 11.1 Å². The maximum absolute atomic E-state index is 12.3. The van der Waals surface area contributed by atoms with Crippen LogP contribution in [0.3, 0.4) is 0 Å². The Morgan fingerprint density at radius 1 is 0.933 bits per heavy atom. The maximum atomic E-state index is 12.3. The van der Waals surface area contributed by atoms with Gasteiger partial charge in [-0.3, -0.25) is 4.79 Å². The Hall–Kier alpha value is -3.04. The van der Waals surface area contributed by atoms with Crippen molar-refractivity contribution in [1.29, 1.82) is 0 Å². The normalized spacial score (nSPS) is 12.5. The van der Waals surface area contributed by atoms with Crippen LogP contribution in [0.5, 0.6) is 11.5 Å². The molecule has 0 fully saturated rings. The van der Waals surface area contributed by atoms with Crippen molar-refractivity contribution in [3.63, 3.8) is 0 Å². The fraction of sp³-hybridized carbons (Fsp3) is 0.286. The van der Waals surface area contributed by atoms with Gasteiger partial charge in [-0.25, -0.2) is 4.21 Å². The van der Waals surface area contributed by atoms with E-state index in [1.807, 2.05) is 12.1 Å². The number of rotatable bonds is 9. The Labute approximate surface area is 178 Å². The van der Waals surface area contributed by atoms with E-state index in [0.29, 0.717) is 34.0 Å². The number of para-hydroxylation sites is 1. The number of methoxy groups -OCH3 is 4. The van der Waals surface area contributed by atoms with Crippen molar-refractivity contribution >= 4 is 28.5 Å². The highest BCUT2D eigenvalue weighted by atomic mass is 32.2. The molecule has 2 N–H and O–H groups in total. The van der Waals surface area contributed by atoms with Crippen molar-refractivity contribution in [2.45, 2.75) is 5.75 Å². The lowest BCUT2D eigenvalue weighted by molar-refractivity contribution is 0.0960. The number of amides is 1. The van der Waals surface area contributed by atoms with Crippen LogP contribution in [0.1, 0.15) is 27.0 Å². The molecule has 0 aliphatic rings. The van der Waals surface area contributed by atoms with Gasteiger partial charge in [-0.2, -0.15) is 0 Å². The van der Waals surface area contributed by atoms with Crippen molar-refractivity contribution in [1.82, 2.24) is 5.32 Å². The minimum atomic E-state index is -2.16. The lowest BCUT2D eigenvalue weighted by atomic mass is 9.99. The Kier molecular flexibility index (Phi) is 8.25. The van der Waals surface area contributed by atoms with Crippen LogP contribution >= 0.6 is 0 Å². The van der Waals surface area contributed by atoms with E-state index in [1.54, 1.807) is 25.3 Å². The first kappa shape index (κ1) is 23.2. The lowest BCUT2D eigenvalue weighted by Crippen LogP contribution is -2.19. The molecule has 0 bridgehead atoms. The molecule has 0 radical (unpaired) electrons. The van der Waals surface area contributed by atoms with Crippen LogP contribution in [0.25, 0.3) is 11.5 Å². The van der Waals surface area contributed by atoms with E-state index in [-0.39, 0.29) is 23.0 Å². The lowest BCUT2D eigenvalue weighted by Gasteiger charge is -2.19. The van der Waals surface area contributed by atoms with Gasteiger partial charge < -0.3 is 28.8 Å². The summed E-state index contributed by atoms with van der Waals surface area (Å²) in [6.07, 6.45) is 0. The number of carbonyl (C=O) groups is 1. The quantitative estimate of drug-likeness (QED) is 0.355. The molecule has 162 valence electrons. The summed E-state index contributed by atoms with van der Waals surface area (Å²) in [7, 11) is 7.41. The van der Waals surface area contributed by atoms with Crippen molar-refractivity contribution in [2.75, 3.05) is 35.5 Å². The molecule has 1 atom stereocenters. The van der Waals surface area contributed by atoms with Crippen molar-refractivity contribution in [3.05, 3.63) is 58.7 Å². The van der Waals surface area contributed by atoms with E-state index in [4.69, 9.17) is 18.9 Å². The van der Waals surface area contributed by atoms with Gasteiger partial charge in [-0.05, 0) is 29.8 Å². The van der Waals surface area contributed by atoms with Crippen molar-refractivity contribution in [3.8, 4) is 11.5 Å². The maximum Gasteiger partial charge on any atom is 0.254 e. The van der Waals surface area contributed by atoms with Gasteiger partial charge in [-0.15, -0.1) is 0 Å². The topological polar surface area (TPSA) is 103 Å². The van der Waals surface area contributed by atoms with Gasteiger partial charge in [0.1, 0.15) is 11.5 Å². The summed E-state index contributed by atoms with van der Waals surface area (Å²) in [6.45, 7) is 0. The summed E-state index contributed by atoms with van der Waals surface area (Å²) >= 11 is -2.16. The van der Waals surface area contributed by atoms with Gasteiger partial charge >= 0.3 is 0 Å². The summed E-state index contributed by atoms with van der Waals surface area (Å²) in [6, 6.07) is 10.3. The second kappa shape index (κ2) is 10.7. The van der Waals surface area contributed by atoms with Crippen LogP contribution in [0.15, 0.2) is 36.4 Å². The van der Waals surface area contributed by atoms with Gasteiger partial charge in [0.15, 0.2) is 22.6 Å². The van der Waals surface area contributed by atoms with Crippen LogP contribution in [0.4, 0.5) is 0 Å². The van der Waals surface area contributed by atoms with E-state index in [0.717, 1.165) is 0 Å². The summed E-state index contributed by atoms with van der Waals surface area (Å²) in [4.78, 5) is 12.3. The molecule has 30 heavy (non-hydrogen) atoms. The minimum absolute atomic E-state index is 0.223. The molecule has 2 aromatic carbocycles. The number of carbonyl (C=O) groups excluding carboxylic acids is 1. The second-order valence-corrected chi connectivity index (χ2v) is 6.95. The van der Waals surface area contributed by atoms with Crippen LogP contribution in [-0.4, -0.2) is 50.2 Å². The van der Waals surface area contributed by atoms with Gasteiger partial charge in [0.05, 0.1) is 45.3 Å². The number of benzene rings is 2. The molecule has 0 aliphatic carbocycles. The Bertz CT molecular complexity index is 972. The average Bonchev–Trinajstić information content (AvgIpc) is 2.76. The predicted molar refractivity (Wildman–Crippen MR) is 115 cm³/mol. The molecule has 2 rings (SSSR count). The van der Waals surface area contributed by atoms with Crippen LogP contribution in [-0.2, 0) is 26.3 Å². The number of ether oxygens (including phenoxy) is 4. The standard InChI is InChI=1S/C21H25NO7S/c1-22-21(23)16-10-13(12-30(24)25)15(11-18(16)27-3)20(29-5)19(28-4)14-8-6-7-9-17(14)26-2/h6-11H,12H2,1-5H3,(H,22,23)(H,24,25). The Morgan fingerprint density at radius 3 is 2.07 bits per heavy atom.